The lowest BCUT2D eigenvalue weighted by molar-refractivity contribution is 0.0288. The first kappa shape index (κ1) is 15.8. The molecule has 0 bridgehead atoms. The fraction of sp³-hybridized carbons (Fsp3) is 0.588. The minimum Gasteiger partial charge on any atom is -0.444 e. The molecule has 1 aromatic carbocycles. The second-order valence-corrected chi connectivity index (χ2v) is 6.70. The van der Waals surface area contributed by atoms with Gasteiger partial charge in [-0.05, 0) is 38.7 Å². The summed E-state index contributed by atoms with van der Waals surface area (Å²) in [5, 5.41) is 3.47. The SMILES string of the molecule is CC(C)(C)OC(=O)N1CC[C@H](CNCc2ccccc2)C1. The summed E-state index contributed by atoms with van der Waals surface area (Å²) >= 11 is 0. The molecule has 116 valence electrons. The van der Waals surface area contributed by atoms with Crippen LogP contribution in [0.25, 0.3) is 0 Å². The van der Waals surface area contributed by atoms with Crippen LogP contribution < -0.4 is 5.32 Å². The quantitative estimate of drug-likeness (QED) is 0.926. The Bertz CT molecular complexity index is 454. The van der Waals surface area contributed by atoms with Gasteiger partial charge in [0.2, 0.25) is 0 Å². The monoisotopic (exact) mass is 290 g/mol. The molecule has 0 aliphatic carbocycles. The first-order valence-electron chi connectivity index (χ1n) is 7.66. The maximum atomic E-state index is 12.0. The van der Waals surface area contributed by atoms with E-state index < -0.39 is 5.60 Å². The van der Waals surface area contributed by atoms with Gasteiger partial charge >= 0.3 is 6.09 Å². The summed E-state index contributed by atoms with van der Waals surface area (Å²) in [6.07, 6.45) is 0.856. The van der Waals surface area contributed by atoms with Crippen molar-refractivity contribution in [3.8, 4) is 0 Å². The Morgan fingerprint density at radius 3 is 2.71 bits per heavy atom. The Kier molecular flexibility index (Phi) is 5.23. The topological polar surface area (TPSA) is 41.6 Å². The predicted octanol–water partition coefficient (Wildman–Crippen LogP) is 3.03. The Morgan fingerprint density at radius 1 is 1.33 bits per heavy atom. The fourth-order valence-electron chi connectivity index (χ4n) is 2.51. The lowest BCUT2D eigenvalue weighted by Gasteiger charge is -2.24. The van der Waals surface area contributed by atoms with E-state index in [1.807, 2.05) is 31.7 Å². The van der Waals surface area contributed by atoms with Crippen LogP contribution in [0.3, 0.4) is 0 Å². The number of hydrogen-bond acceptors (Lipinski definition) is 3. The number of nitrogens with zero attached hydrogens (tertiary/aromatic N) is 1. The zero-order valence-corrected chi connectivity index (χ0v) is 13.3. The second-order valence-electron chi connectivity index (χ2n) is 6.70. The molecule has 1 aliphatic heterocycles. The first-order chi connectivity index (χ1) is 9.94. The Hall–Kier alpha value is -1.55. The van der Waals surface area contributed by atoms with E-state index in [-0.39, 0.29) is 6.09 Å². The van der Waals surface area contributed by atoms with E-state index in [0.29, 0.717) is 5.92 Å². The highest BCUT2D eigenvalue weighted by atomic mass is 16.6. The summed E-state index contributed by atoms with van der Waals surface area (Å²) in [4.78, 5) is 13.8. The number of carbonyl (C=O) groups is 1. The molecule has 1 atom stereocenters. The molecular formula is C17H26N2O2. The molecule has 1 amide bonds. The zero-order valence-electron chi connectivity index (χ0n) is 13.3. The molecule has 1 heterocycles. The smallest absolute Gasteiger partial charge is 0.410 e. The van der Waals surface area contributed by atoms with Crippen LogP contribution in [0.4, 0.5) is 4.79 Å². The van der Waals surface area contributed by atoms with Gasteiger partial charge in [-0.2, -0.15) is 0 Å². The van der Waals surface area contributed by atoms with Crippen molar-refractivity contribution in [3.63, 3.8) is 0 Å². The van der Waals surface area contributed by atoms with Gasteiger partial charge in [-0.3, -0.25) is 0 Å². The van der Waals surface area contributed by atoms with Crippen molar-refractivity contribution < 1.29 is 9.53 Å². The zero-order chi connectivity index (χ0) is 15.3. The van der Waals surface area contributed by atoms with Crippen LogP contribution in [-0.4, -0.2) is 36.2 Å². The van der Waals surface area contributed by atoms with Crippen molar-refractivity contribution in [2.45, 2.75) is 39.3 Å². The van der Waals surface area contributed by atoms with E-state index >= 15 is 0 Å². The minimum absolute atomic E-state index is 0.187. The maximum Gasteiger partial charge on any atom is 0.410 e. The van der Waals surface area contributed by atoms with Crippen LogP contribution in [0, 0.1) is 5.92 Å². The molecule has 0 spiro atoms. The van der Waals surface area contributed by atoms with Crippen LogP contribution in [0.2, 0.25) is 0 Å². The first-order valence-corrected chi connectivity index (χ1v) is 7.66. The van der Waals surface area contributed by atoms with Crippen molar-refractivity contribution in [2.75, 3.05) is 19.6 Å². The number of carbonyl (C=O) groups excluding carboxylic acids is 1. The molecule has 4 nitrogen and oxygen atoms in total. The van der Waals surface area contributed by atoms with Crippen molar-refractivity contribution in [2.24, 2.45) is 5.92 Å². The fourth-order valence-corrected chi connectivity index (χ4v) is 2.51. The number of ether oxygens (including phenoxy) is 1. The van der Waals surface area contributed by atoms with Gasteiger partial charge in [0.25, 0.3) is 0 Å². The number of hydrogen-bond donors (Lipinski definition) is 1. The Labute approximate surface area is 127 Å². The lowest BCUT2D eigenvalue weighted by Crippen LogP contribution is -2.36. The summed E-state index contributed by atoms with van der Waals surface area (Å²) in [6.45, 7) is 9.11. The minimum atomic E-state index is -0.416. The molecular weight excluding hydrogens is 264 g/mol. The van der Waals surface area contributed by atoms with Crippen LogP contribution >= 0.6 is 0 Å². The highest BCUT2D eigenvalue weighted by molar-refractivity contribution is 5.68. The van der Waals surface area contributed by atoms with E-state index in [9.17, 15) is 4.79 Å². The third-order valence-electron chi connectivity index (χ3n) is 3.54. The molecule has 4 heteroatoms. The Balaban J connectivity index is 1.69. The van der Waals surface area contributed by atoms with Crippen LogP contribution in [0.15, 0.2) is 30.3 Å². The molecule has 2 rings (SSSR count). The van der Waals surface area contributed by atoms with Gasteiger partial charge in [0.05, 0.1) is 0 Å². The molecule has 0 unspecified atom stereocenters. The summed E-state index contributed by atoms with van der Waals surface area (Å²) < 4.78 is 5.41. The Morgan fingerprint density at radius 2 is 2.05 bits per heavy atom. The normalized spacial score (nSPS) is 18.8. The number of nitrogens with one attached hydrogen (secondary N) is 1. The second kappa shape index (κ2) is 6.94. The van der Waals surface area contributed by atoms with Crippen molar-refractivity contribution in [1.82, 2.24) is 10.2 Å². The summed E-state index contributed by atoms with van der Waals surface area (Å²) in [7, 11) is 0. The molecule has 1 aliphatic rings. The maximum absolute atomic E-state index is 12.0. The average molecular weight is 290 g/mol. The van der Waals surface area contributed by atoms with Gasteiger partial charge in [0.1, 0.15) is 5.60 Å². The summed E-state index contributed by atoms with van der Waals surface area (Å²) in [6, 6.07) is 10.4. The number of rotatable bonds is 4. The van der Waals surface area contributed by atoms with E-state index in [4.69, 9.17) is 4.74 Å². The highest BCUT2D eigenvalue weighted by Gasteiger charge is 2.29. The summed E-state index contributed by atoms with van der Waals surface area (Å²) in [5.74, 6) is 0.515. The molecule has 1 N–H and O–H groups in total. The molecule has 0 saturated carbocycles. The van der Waals surface area contributed by atoms with Gasteiger partial charge in [-0.1, -0.05) is 30.3 Å². The third kappa shape index (κ3) is 5.38. The number of amides is 1. The van der Waals surface area contributed by atoms with Crippen LogP contribution in [0.5, 0.6) is 0 Å². The van der Waals surface area contributed by atoms with E-state index in [1.165, 1.54) is 5.56 Å². The average Bonchev–Trinajstić information content (AvgIpc) is 2.87. The molecule has 1 saturated heterocycles. The van der Waals surface area contributed by atoms with Crippen molar-refractivity contribution in [1.29, 1.82) is 0 Å². The third-order valence-corrected chi connectivity index (χ3v) is 3.54. The van der Waals surface area contributed by atoms with Crippen LogP contribution in [0.1, 0.15) is 32.8 Å². The van der Waals surface area contributed by atoms with Crippen molar-refractivity contribution in [3.05, 3.63) is 35.9 Å². The molecule has 0 radical (unpaired) electrons. The number of benzene rings is 1. The van der Waals surface area contributed by atoms with Gasteiger partial charge < -0.3 is 15.0 Å². The van der Waals surface area contributed by atoms with Gasteiger partial charge in [0, 0.05) is 26.2 Å². The highest BCUT2D eigenvalue weighted by Crippen LogP contribution is 2.19. The van der Waals surface area contributed by atoms with Crippen LogP contribution in [-0.2, 0) is 11.3 Å². The van der Waals surface area contributed by atoms with E-state index in [0.717, 1.165) is 32.6 Å². The molecule has 1 fully saturated rings. The van der Waals surface area contributed by atoms with Gasteiger partial charge in [-0.25, -0.2) is 4.79 Å². The van der Waals surface area contributed by atoms with Gasteiger partial charge in [-0.15, -0.1) is 0 Å². The van der Waals surface area contributed by atoms with E-state index in [1.54, 1.807) is 0 Å². The molecule has 0 aromatic heterocycles. The van der Waals surface area contributed by atoms with Gasteiger partial charge in [0.15, 0.2) is 0 Å². The number of likely N-dealkylation sites (tertiary alicyclic amines) is 1. The summed E-state index contributed by atoms with van der Waals surface area (Å²) in [5.41, 5.74) is 0.875. The molecule has 21 heavy (non-hydrogen) atoms. The lowest BCUT2D eigenvalue weighted by atomic mass is 10.1. The van der Waals surface area contributed by atoms with E-state index in [2.05, 4.69) is 29.6 Å². The molecule has 1 aromatic rings. The standard InChI is InChI=1S/C17H26N2O2/c1-17(2,3)21-16(20)19-10-9-15(13-19)12-18-11-14-7-5-4-6-8-14/h4-8,15,18H,9-13H2,1-3H3/t15-/m1/s1. The van der Waals surface area contributed by atoms with Crippen molar-refractivity contribution >= 4 is 6.09 Å². The predicted molar refractivity (Wildman–Crippen MR) is 84.1 cm³/mol. The largest absolute Gasteiger partial charge is 0.444 e.